The molecule has 2 aromatic heterocycles. The number of urea groups is 1. The predicted octanol–water partition coefficient (Wildman–Crippen LogP) is 2.88. The van der Waals surface area contributed by atoms with Crippen molar-refractivity contribution in [3.63, 3.8) is 0 Å². The van der Waals surface area contributed by atoms with Gasteiger partial charge in [-0.25, -0.2) is 14.8 Å². The molecule has 1 fully saturated rings. The Labute approximate surface area is 178 Å². The SMILES string of the molecule is O=C(NCc1ccc(-n2cnc3ccccc32)nc1)c1cccc(N2CCNC2=O)c1. The lowest BCUT2D eigenvalue weighted by Crippen LogP contribution is -2.28. The monoisotopic (exact) mass is 412 g/mol. The fourth-order valence-corrected chi connectivity index (χ4v) is 3.62. The Morgan fingerprint density at radius 2 is 1.97 bits per heavy atom. The minimum absolute atomic E-state index is 0.144. The first-order valence-corrected chi connectivity index (χ1v) is 10.00. The van der Waals surface area contributed by atoms with Gasteiger partial charge < -0.3 is 10.6 Å². The maximum absolute atomic E-state index is 12.6. The minimum Gasteiger partial charge on any atom is -0.348 e. The Kier molecular flexibility index (Phi) is 4.80. The van der Waals surface area contributed by atoms with Crippen LogP contribution in [0.1, 0.15) is 15.9 Å². The van der Waals surface area contributed by atoms with E-state index in [-0.39, 0.29) is 11.9 Å². The molecular formula is C23H20N6O2. The third kappa shape index (κ3) is 3.71. The molecule has 8 nitrogen and oxygen atoms in total. The molecule has 3 amide bonds. The van der Waals surface area contributed by atoms with Gasteiger partial charge in [-0.05, 0) is 42.0 Å². The van der Waals surface area contributed by atoms with Crippen molar-refractivity contribution < 1.29 is 9.59 Å². The Hall–Kier alpha value is -4.20. The smallest absolute Gasteiger partial charge is 0.321 e. The van der Waals surface area contributed by atoms with Gasteiger partial charge in [0.15, 0.2) is 0 Å². The molecule has 1 aliphatic heterocycles. The summed E-state index contributed by atoms with van der Waals surface area (Å²) >= 11 is 0. The third-order valence-electron chi connectivity index (χ3n) is 5.24. The standard InChI is InChI=1S/C23H20N6O2/c30-22(17-4-3-5-18(12-17)28-11-10-24-23(28)31)26-14-16-8-9-21(25-13-16)29-15-27-19-6-1-2-7-20(19)29/h1-9,12-13,15H,10-11,14H2,(H,24,31)(H,26,30). The van der Waals surface area contributed by atoms with Gasteiger partial charge >= 0.3 is 6.03 Å². The van der Waals surface area contributed by atoms with Gasteiger partial charge in [0.05, 0.1) is 11.0 Å². The van der Waals surface area contributed by atoms with Crippen LogP contribution in [0.25, 0.3) is 16.9 Å². The third-order valence-corrected chi connectivity index (χ3v) is 5.24. The second kappa shape index (κ2) is 7.91. The Morgan fingerprint density at radius 1 is 1.06 bits per heavy atom. The number of imidazole rings is 1. The number of hydrogen-bond acceptors (Lipinski definition) is 4. The fourth-order valence-electron chi connectivity index (χ4n) is 3.62. The minimum atomic E-state index is -0.203. The molecule has 31 heavy (non-hydrogen) atoms. The largest absolute Gasteiger partial charge is 0.348 e. The Bertz CT molecular complexity index is 1260. The molecule has 3 heterocycles. The Morgan fingerprint density at radius 3 is 2.77 bits per heavy atom. The Balaban J connectivity index is 1.26. The molecule has 0 bridgehead atoms. The van der Waals surface area contributed by atoms with Crippen LogP contribution in [0.3, 0.4) is 0 Å². The van der Waals surface area contributed by atoms with Crippen molar-refractivity contribution >= 4 is 28.7 Å². The fraction of sp³-hybridized carbons (Fsp3) is 0.130. The average Bonchev–Trinajstić information content (AvgIpc) is 3.44. The number of rotatable bonds is 5. The van der Waals surface area contributed by atoms with Crippen molar-refractivity contribution in [1.82, 2.24) is 25.2 Å². The number of carbonyl (C=O) groups excluding carboxylic acids is 2. The molecule has 4 aromatic rings. The van der Waals surface area contributed by atoms with Gasteiger partial charge in [0.1, 0.15) is 12.1 Å². The van der Waals surface area contributed by atoms with Crippen molar-refractivity contribution in [2.45, 2.75) is 6.54 Å². The number of nitrogens with zero attached hydrogens (tertiary/aromatic N) is 4. The number of benzene rings is 2. The number of fused-ring (bicyclic) bond motifs is 1. The number of nitrogens with one attached hydrogen (secondary N) is 2. The predicted molar refractivity (Wildman–Crippen MR) is 117 cm³/mol. The number of hydrogen-bond donors (Lipinski definition) is 2. The zero-order chi connectivity index (χ0) is 21.2. The molecule has 1 aliphatic rings. The van der Waals surface area contributed by atoms with E-state index in [0.717, 1.165) is 22.4 Å². The second-order valence-electron chi connectivity index (χ2n) is 7.24. The molecule has 2 N–H and O–H groups in total. The van der Waals surface area contributed by atoms with E-state index in [1.807, 2.05) is 47.0 Å². The second-order valence-corrected chi connectivity index (χ2v) is 7.24. The summed E-state index contributed by atoms with van der Waals surface area (Å²) in [5.41, 5.74) is 4.00. The van der Waals surface area contributed by atoms with E-state index in [2.05, 4.69) is 20.6 Å². The van der Waals surface area contributed by atoms with Gasteiger partial charge in [0, 0.05) is 37.1 Å². The first kappa shape index (κ1) is 18.8. The number of amides is 3. The zero-order valence-corrected chi connectivity index (χ0v) is 16.7. The highest BCUT2D eigenvalue weighted by Crippen LogP contribution is 2.19. The van der Waals surface area contributed by atoms with Crippen molar-refractivity contribution in [2.24, 2.45) is 0 Å². The number of pyridine rings is 1. The maximum atomic E-state index is 12.6. The molecule has 0 spiro atoms. The molecule has 0 unspecified atom stereocenters. The quantitative estimate of drug-likeness (QED) is 0.527. The first-order valence-electron chi connectivity index (χ1n) is 10.00. The van der Waals surface area contributed by atoms with Crippen molar-refractivity contribution in [3.05, 3.63) is 84.3 Å². The topological polar surface area (TPSA) is 92.2 Å². The summed E-state index contributed by atoms with van der Waals surface area (Å²) in [4.78, 5) is 35.0. The maximum Gasteiger partial charge on any atom is 0.321 e. The number of anilines is 1. The van der Waals surface area contributed by atoms with Gasteiger partial charge in [0.2, 0.25) is 0 Å². The summed E-state index contributed by atoms with van der Waals surface area (Å²) in [5.74, 6) is 0.562. The van der Waals surface area contributed by atoms with E-state index < -0.39 is 0 Å². The zero-order valence-electron chi connectivity index (χ0n) is 16.7. The van der Waals surface area contributed by atoms with E-state index in [9.17, 15) is 9.59 Å². The highest BCUT2D eigenvalue weighted by atomic mass is 16.2. The summed E-state index contributed by atoms with van der Waals surface area (Å²) in [6, 6.07) is 18.6. The van der Waals surface area contributed by atoms with Gasteiger partial charge in [0.25, 0.3) is 5.91 Å². The van der Waals surface area contributed by atoms with Crippen LogP contribution in [-0.4, -0.2) is 39.6 Å². The van der Waals surface area contributed by atoms with E-state index in [1.54, 1.807) is 35.6 Å². The highest BCUT2D eigenvalue weighted by molar-refractivity contribution is 5.98. The summed E-state index contributed by atoms with van der Waals surface area (Å²) in [7, 11) is 0. The van der Waals surface area contributed by atoms with Crippen LogP contribution in [0.15, 0.2) is 73.2 Å². The molecule has 0 aliphatic carbocycles. The van der Waals surface area contributed by atoms with Crippen LogP contribution in [0.2, 0.25) is 0 Å². The lowest BCUT2D eigenvalue weighted by Gasteiger charge is -2.15. The highest BCUT2D eigenvalue weighted by Gasteiger charge is 2.21. The van der Waals surface area contributed by atoms with Gasteiger partial charge in [-0.15, -0.1) is 0 Å². The first-order chi connectivity index (χ1) is 15.2. The van der Waals surface area contributed by atoms with Gasteiger partial charge in [-0.3, -0.25) is 14.3 Å². The average molecular weight is 412 g/mol. The van der Waals surface area contributed by atoms with E-state index >= 15 is 0 Å². The van der Waals surface area contributed by atoms with Crippen LogP contribution in [0.5, 0.6) is 0 Å². The summed E-state index contributed by atoms with van der Waals surface area (Å²) in [6.45, 7) is 1.55. The van der Waals surface area contributed by atoms with Gasteiger partial charge in [-0.1, -0.05) is 24.3 Å². The van der Waals surface area contributed by atoms with Crippen LogP contribution in [-0.2, 0) is 6.54 Å². The van der Waals surface area contributed by atoms with Crippen molar-refractivity contribution in [1.29, 1.82) is 0 Å². The summed E-state index contributed by atoms with van der Waals surface area (Å²) in [6.07, 6.45) is 3.50. The molecule has 0 saturated carbocycles. The van der Waals surface area contributed by atoms with Crippen molar-refractivity contribution in [2.75, 3.05) is 18.0 Å². The van der Waals surface area contributed by atoms with E-state index in [4.69, 9.17) is 0 Å². The van der Waals surface area contributed by atoms with E-state index in [1.165, 1.54) is 0 Å². The number of para-hydroxylation sites is 2. The molecule has 154 valence electrons. The van der Waals surface area contributed by atoms with Gasteiger partial charge in [-0.2, -0.15) is 0 Å². The summed E-state index contributed by atoms with van der Waals surface area (Å²) < 4.78 is 1.93. The van der Waals surface area contributed by atoms with Crippen LogP contribution < -0.4 is 15.5 Å². The van der Waals surface area contributed by atoms with Crippen LogP contribution in [0.4, 0.5) is 10.5 Å². The molecule has 2 aromatic carbocycles. The lowest BCUT2D eigenvalue weighted by molar-refractivity contribution is 0.0951. The normalized spacial score (nSPS) is 13.4. The lowest BCUT2D eigenvalue weighted by atomic mass is 10.1. The van der Waals surface area contributed by atoms with Crippen LogP contribution >= 0.6 is 0 Å². The van der Waals surface area contributed by atoms with E-state index in [0.29, 0.717) is 30.9 Å². The number of aromatic nitrogens is 3. The molecule has 8 heteroatoms. The molecule has 0 atom stereocenters. The number of carbonyl (C=O) groups is 2. The molecule has 0 radical (unpaired) electrons. The summed E-state index contributed by atoms with van der Waals surface area (Å²) in [5, 5.41) is 5.67. The molecular weight excluding hydrogens is 392 g/mol. The van der Waals surface area contributed by atoms with Crippen molar-refractivity contribution in [3.8, 4) is 5.82 Å². The molecule has 5 rings (SSSR count). The molecule has 1 saturated heterocycles. The van der Waals surface area contributed by atoms with Crippen LogP contribution in [0, 0.1) is 0 Å².